The molecule has 0 aliphatic rings. The second-order valence-electron chi connectivity index (χ2n) is 5.45. The molecule has 2 N–H and O–H groups in total. The molecule has 0 atom stereocenters. The van der Waals surface area contributed by atoms with E-state index in [1.165, 1.54) is 19.2 Å². The average molecular weight is 328 g/mol. The van der Waals surface area contributed by atoms with Gasteiger partial charge in [-0.2, -0.15) is 0 Å². The molecule has 0 fully saturated rings. The van der Waals surface area contributed by atoms with Crippen molar-refractivity contribution in [3.63, 3.8) is 0 Å². The number of anilines is 1. The Bertz CT molecular complexity index is 644. The highest BCUT2D eigenvalue weighted by Gasteiger charge is 2.08. The van der Waals surface area contributed by atoms with Gasteiger partial charge in [0.05, 0.1) is 7.11 Å². The standard InChI is InChI=1S/C18H24N4O2/c1-3-4-5-10-19-17-11-16(21-13-22-17)18(23)20-12-14-6-8-15(24-2)9-7-14/h6-9,11,13H,3-5,10,12H2,1-2H3,(H,20,23)(H,19,21,22). The van der Waals surface area contributed by atoms with E-state index in [0.717, 1.165) is 24.3 Å². The number of hydrogen-bond acceptors (Lipinski definition) is 5. The Hall–Kier alpha value is -2.63. The molecule has 1 aromatic carbocycles. The van der Waals surface area contributed by atoms with Crippen molar-refractivity contribution in [2.24, 2.45) is 0 Å². The Kier molecular flexibility index (Phi) is 7.01. The third kappa shape index (κ3) is 5.53. The predicted octanol–water partition coefficient (Wildman–Crippen LogP) is 3.02. The number of aromatic nitrogens is 2. The topological polar surface area (TPSA) is 76.1 Å². The number of hydrogen-bond donors (Lipinski definition) is 2. The predicted molar refractivity (Wildman–Crippen MR) is 94.2 cm³/mol. The van der Waals surface area contributed by atoms with E-state index < -0.39 is 0 Å². The van der Waals surface area contributed by atoms with Gasteiger partial charge >= 0.3 is 0 Å². The molecule has 0 saturated carbocycles. The third-order valence-electron chi connectivity index (χ3n) is 3.60. The number of nitrogens with one attached hydrogen (secondary N) is 2. The molecule has 0 aliphatic carbocycles. The number of amides is 1. The molecule has 0 saturated heterocycles. The van der Waals surface area contributed by atoms with E-state index in [1.807, 2.05) is 24.3 Å². The molecule has 1 heterocycles. The second kappa shape index (κ2) is 9.50. The Labute approximate surface area is 142 Å². The summed E-state index contributed by atoms with van der Waals surface area (Å²) in [6.07, 6.45) is 4.84. The highest BCUT2D eigenvalue weighted by atomic mass is 16.5. The van der Waals surface area contributed by atoms with Crippen LogP contribution in [0.3, 0.4) is 0 Å². The fourth-order valence-electron chi connectivity index (χ4n) is 2.19. The summed E-state index contributed by atoms with van der Waals surface area (Å²) in [5.41, 5.74) is 1.35. The van der Waals surface area contributed by atoms with Crippen LogP contribution in [0.15, 0.2) is 36.7 Å². The number of nitrogens with zero attached hydrogens (tertiary/aromatic N) is 2. The van der Waals surface area contributed by atoms with E-state index >= 15 is 0 Å². The zero-order chi connectivity index (χ0) is 17.2. The van der Waals surface area contributed by atoms with Crippen LogP contribution in [0.25, 0.3) is 0 Å². The molecule has 1 amide bonds. The van der Waals surface area contributed by atoms with Gasteiger partial charge < -0.3 is 15.4 Å². The number of rotatable bonds is 9. The van der Waals surface area contributed by atoms with Gasteiger partial charge in [-0.1, -0.05) is 31.9 Å². The molecule has 24 heavy (non-hydrogen) atoms. The minimum absolute atomic E-state index is 0.218. The molecular weight excluding hydrogens is 304 g/mol. The van der Waals surface area contributed by atoms with E-state index in [4.69, 9.17) is 4.74 Å². The van der Waals surface area contributed by atoms with Crippen molar-refractivity contribution < 1.29 is 9.53 Å². The van der Waals surface area contributed by atoms with Crippen LogP contribution in [0.2, 0.25) is 0 Å². The lowest BCUT2D eigenvalue weighted by molar-refractivity contribution is 0.0946. The van der Waals surface area contributed by atoms with Crippen molar-refractivity contribution in [3.05, 3.63) is 47.9 Å². The van der Waals surface area contributed by atoms with E-state index in [9.17, 15) is 4.79 Å². The molecule has 2 aromatic rings. The lowest BCUT2D eigenvalue weighted by Gasteiger charge is -2.08. The molecule has 0 aliphatic heterocycles. The maximum absolute atomic E-state index is 12.2. The van der Waals surface area contributed by atoms with Crippen molar-refractivity contribution in [2.45, 2.75) is 32.7 Å². The Morgan fingerprint density at radius 2 is 1.96 bits per heavy atom. The molecule has 2 rings (SSSR count). The summed E-state index contributed by atoms with van der Waals surface area (Å²) >= 11 is 0. The number of methoxy groups -OCH3 is 1. The van der Waals surface area contributed by atoms with Crippen LogP contribution in [0.5, 0.6) is 5.75 Å². The van der Waals surface area contributed by atoms with Crippen LogP contribution < -0.4 is 15.4 Å². The summed E-state index contributed by atoms with van der Waals surface area (Å²) in [6.45, 7) is 3.44. The van der Waals surface area contributed by atoms with Crippen molar-refractivity contribution in [1.29, 1.82) is 0 Å². The zero-order valence-corrected chi connectivity index (χ0v) is 14.2. The van der Waals surface area contributed by atoms with Crippen LogP contribution in [-0.2, 0) is 6.54 Å². The monoisotopic (exact) mass is 328 g/mol. The maximum Gasteiger partial charge on any atom is 0.270 e. The quantitative estimate of drug-likeness (QED) is 0.692. The third-order valence-corrected chi connectivity index (χ3v) is 3.60. The van der Waals surface area contributed by atoms with E-state index in [0.29, 0.717) is 18.1 Å². The van der Waals surface area contributed by atoms with Gasteiger partial charge in [0.25, 0.3) is 5.91 Å². The minimum atomic E-state index is -0.218. The van der Waals surface area contributed by atoms with Gasteiger partial charge in [-0.3, -0.25) is 4.79 Å². The van der Waals surface area contributed by atoms with Crippen LogP contribution >= 0.6 is 0 Å². The van der Waals surface area contributed by atoms with Crippen molar-refractivity contribution >= 4 is 11.7 Å². The first kappa shape index (κ1) is 17.7. The summed E-state index contributed by atoms with van der Waals surface area (Å²) in [5, 5.41) is 6.07. The molecule has 6 nitrogen and oxygen atoms in total. The van der Waals surface area contributed by atoms with Gasteiger partial charge in [0.2, 0.25) is 0 Å². The summed E-state index contributed by atoms with van der Waals surface area (Å²) in [4.78, 5) is 20.4. The summed E-state index contributed by atoms with van der Waals surface area (Å²) in [5.74, 6) is 1.25. The van der Waals surface area contributed by atoms with E-state index in [-0.39, 0.29) is 5.91 Å². The summed E-state index contributed by atoms with van der Waals surface area (Å²) < 4.78 is 5.11. The molecule has 0 spiro atoms. The number of carbonyl (C=O) groups is 1. The van der Waals surface area contributed by atoms with Crippen molar-refractivity contribution in [1.82, 2.24) is 15.3 Å². The average Bonchev–Trinajstić information content (AvgIpc) is 2.64. The molecular formula is C18H24N4O2. The Morgan fingerprint density at radius 1 is 1.17 bits per heavy atom. The Balaban J connectivity index is 1.86. The first-order chi connectivity index (χ1) is 11.7. The van der Waals surface area contributed by atoms with E-state index in [2.05, 4.69) is 27.5 Å². The van der Waals surface area contributed by atoms with Gasteiger partial charge in [-0.15, -0.1) is 0 Å². The van der Waals surface area contributed by atoms with Crippen LogP contribution in [0.1, 0.15) is 42.2 Å². The lowest BCUT2D eigenvalue weighted by Crippen LogP contribution is -2.24. The van der Waals surface area contributed by atoms with Crippen LogP contribution in [-0.4, -0.2) is 29.5 Å². The highest BCUT2D eigenvalue weighted by molar-refractivity contribution is 5.92. The number of unbranched alkanes of at least 4 members (excludes halogenated alkanes) is 2. The summed E-state index contributed by atoms with van der Waals surface area (Å²) in [7, 11) is 1.62. The number of benzene rings is 1. The molecule has 1 aromatic heterocycles. The molecule has 0 bridgehead atoms. The first-order valence-electron chi connectivity index (χ1n) is 8.20. The first-order valence-corrected chi connectivity index (χ1v) is 8.20. The minimum Gasteiger partial charge on any atom is -0.497 e. The smallest absolute Gasteiger partial charge is 0.270 e. The molecule has 0 radical (unpaired) electrons. The molecule has 128 valence electrons. The van der Waals surface area contributed by atoms with Crippen molar-refractivity contribution in [3.8, 4) is 5.75 Å². The number of carbonyl (C=O) groups excluding carboxylic acids is 1. The van der Waals surface area contributed by atoms with Gasteiger partial charge in [-0.25, -0.2) is 9.97 Å². The van der Waals surface area contributed by atoms with Crippen LogP contribution in [0.4, 0.5) is 5.82 Å². The molecule has 6 heteroatoms. The number of ether oxygens (including phenoxy) is 1. The SMILES string of the molecule is CCCCCNc1cc(C(=O)NCc2ccc(OC)cc2)ncn1. The fraction of sp³-hybridized carbons (Fsp3) is 0.389. The van der Waals surface area contributed by atoms with Crippen molar-refractivity contribution in [2.75, 3.05) is 19.0 Å². The van der Waals surface area contributed by atoms with Crippen LogP contribution in [0, 0.1) is 0 Å². The normalized spacial score (nSPS) is 10.2. The van der Waals surface area contributed by atoms with Gasteiger partial charge in [0.1, 0.15) is 23.6 Å². The zero-order valence-electron chi connectivity index (χ0n) is 14.2. The van der Waals surface area contributed by atoms with E-state index in [1.54, 1.807) is 13.2 Å². The van der Waals surface area contributed by atoms with Gasteiger partial charge in [0.15, 0.2) is 0 Å². The molecule has 0 unspecified atom stereocenters. The maximum atomic E-state index is 12.2. The lowest BCUT2D eigenvalue weighted by atomic mass is 10.2. The Morgan fingerprint density at radius 3 is 2.67 bits per heavy atom. The highest BCUT2D eigenvalue weighted by Crippen LogP contribution is 2.11. The second-order valence-corrected chi connectivity index (χ2v) is 5.45. The van der Waals surface area contributed by atoms with Gasteiger partial charge in [0, 0.05) is 19.2 Å². The fourth-order valence-corrected chi connectivity index (χ4v) is 2.19. The summed E-state index contributed by atoms with van der Waals surface area (Å²) in [6, 6.07) is 9.24. The van der Waals surface area contributed by atoms with Gasteiger partial charge in [-0.05, 0) is 24.1 Å². The largest absolute Gasteiger partial charge is 0.497 e.